The monoisotopic (exact) mass is 403 g/mol. The lowest BCUT2D eigenvalue weighted by molar-refractivity contribution is -0.148. The summed E-state index contributed by atoms with van der Waals surface area (Å²) in [5, 5.41) is 2.85. The van der Waals surface area contributed by atoms with Crippen molar-refractivity contribution in [1.82, 2.24) is 5.32 Å². The number of hydrogen-bond donors (Lipinski definition) is 1. The minimum Gasteiger partial charge on any atom is -0.455 e. The summed E-state index contributed by atoms with van der Waals surface area (Å²) in [5.74, 6) is -0.730. The fourth-order valence-corrected chi connectivity index (χ4v) is 2.63. The maximum absolute atomic E-state index is 12.0. The second kappa shape index (κ2) is 8.81. The van der Waals surface area contributed by atoms with Crippen LogP contribution in [0.2, 0.25) is 0 Å². The molecule has 0 fully saturated rings. The molecule has 2 rings (SSSR count). The van der Waals surface area contributed by atoms with E-state index in [0.29, 0.717) is 0 Å². The van der Waals surface area contributed by atoms with Crippen molar-refractivity contribution < 1.29 is 14.3 Å². The molecule has 0 radical (unpaired) electrons. The standard InChI is InChI=1S/C20H22BrNO3/c1-13-4-7-17(10-14(13)2)15(3)22-19(23)12-25-20(24)11-16-5-8-18(21)9-6-16/h4-10,15H,11-12H2,1-3H3,(H,22,23)/t15-/m0/s1. The Morgan fingerprint density at radius 3 is 2.40 bits per heavy atom. The second-order valence-electron chi connectivity index (χ2n) is 6.10. The van der Waals surface area contributed by atoms with Gasteiger partial charge in [-0.2, -0.15) is 0 Å². The zero-order valence-electron chi connectivity index (χ0n) is 14.6. The van der Waals surface area contributed by atoms with Gasteiger partial charge in [-0.25, -0.2) is 0 Å². The minimum absolute atomic E-state index is 0.142. The lowest BCUT2D eigenvalue weighted by Gasteiger charge is -2.15. The van der Waals surface area contributed by atoms with Crippen LogP contribution in [0.1, 0.15) is 35.2 Å². The highest BCUT2D eigenvalue weighted by Crippen LogP contribution is 2.16. The van der Waals surface area contributed by atoms with E-state index in [-0.39, 0.29) is 25.0 Å². The maximum atomic E-state index is 12.0. The van der Waals surface area contributed by atoms with Gasteiger partial charge in [0.2, 0.25) is 0 Å². The van der Waals surface area contributed by atoms with Crippen LogP contribution in [0.15, 0.2) is 46.9 Å². The number of benzene rings is 2. The first-order valence-electron chi connectivity index (χ1n) is 8.11. The average molecular weight is 404 g/mol. The number of carbonyl (C=O) groups excluding carboxylic acids is 2. The highest BCUT2D eigenvalue weighted by Gasteiger charge is 2.13. The number of halogens is 1. The maximum Gasteiger partial charge on any atom is 0.310 e. The molecule has 0 aliphatic rings. The molecule has 0 unspecified atom stereocenters. The molecule has 0 spiro atoms. The van der Waals surface area contributed by atoms with E-state index >= 15 is 0 Å². The number of carbonyl (C=O) groups is 2. The van der Waals surface area contributed by atoms with Crippen LogP contribution in [0.3, 0.4) is 0 Å². The van der Waals surface area contributed by atoms with Crippen LogP contribution in [0.5, 0.6) is 0 Å². The minimum atomic E-state index is -0.420. The third-order valence-electron chi connectivity index (χ3n) is 4.03. The van der Waals surface area contributed by atoms with E-state index in [9.17, 15) is 9.59 Å². The first kappa shape index (κ1) is 19.2. The van der Waals surface area contributed by atoms with Crippen LogP contribution in [0.4, 0.5) is 0 Å². The number of rotatable bonds is 6. The van der Waals surface area contributed by atoms with E-state index in [1.54, 1.807) is 0 Å². The number of hydrogen-bond acceptors (Lipinski definition) is 3. The quantitative estimate of drug-likeness (QED) is 0.740. The second-order valence-corrected chi connectivity index (χ2v) is 7.01. The fourth-order valence-electron chi connectivity index (χ4n) is 2.37. The lowest BCUT2D eigenvalue weighted by atomic mass is 10.0. The van der Waals surface area contributed by atoms with E-state index in [2.05, 4.69) is 27.3 Å². The molecule has 0 aliphatic carbocycles. The van der Waals surface area contributed by atoms with Crippen LogP contribution in [-0.4, -0.2) is 18.5 Å². The van der Waals surface area contributed by atoms with Gasteiger partial charge in [-0.15, -0.1) is 0 Å². The van der Waals surface area contributed by atoms with Gasteiger partial charge in [-0.1, -0.05) is 46.3 Å². The molecule has 1 amide bonds. The van der Waals surface area contributed by atoms with E-state index in [0.717, 1.165) is 15.6 Å². The Kier molecular flexibility index (Phi) is 6.76. The molecule has 132 valence electrons. The Morgan fingerprint density at radius 1 is 1.08 bits per heavy atom. The molecule has 1 atom stereocenters. The molecule has 0 aromatic heterocycles. The van der Waals surface area contributed by atoms with Crippen LogP contribution < -0.4 is 5.32 Å². The largest absolute Gasteiger partial charge is 0.455 e. The van der Waals surface area contributed by atoms with Gasteiger partial charge in [0, 0.05) is 4.47 Å². The fraction of sp³-hybridized carbons (Fsp3) is 0.300. The molecule has 1 N–H and O–H groups in total. The van der Waals surface area contributed by atoms with Crippen LogP contribution in [-0.2, 0) is 20.7 Å². The third kappa shape index (κ3) is 6.02. The van der Waals surface area contributed by atoms with Crippen molar-refractivity contribution in [2.24, 2.45) is 0 Å². The van der Waals surface area contributed by atoms with Crippen molar-refractivity contribution in [1.29, 1.82) is 0 Å². The van der Waals surface area contributed by atoms with Crippen molar-refractivity contribution in [3.63, 3.8) is 0 Å². The summed E-state index contributed by atoms with van der Waals surface area (Å²) in [6.07, 6.45) is 0.146. The van der Waals surface area contributed by atoms with Gasteiger partial charge in [0.1, 0.15) is 0 Å². The van der Waals surface area contributed by atoms with Gasteiger partial charge in [-0.05, 0) is 55.2 Å². The zero-order valence-corrected chi connectivity index (χ0v) is 16.2. The summed E-state index contributed by atoms with van der Waals surface area (Å²) < 4.78 is 6.00. The first-order valence-corrected chi connectivity index (χ1v) is 8.91. The molecular formula is C20H22BrNO3. The average Bonchev–Trinajstić information content (AvgIpc) is 2.57. The van der Waals surface area contributed by atoms with E-state index < -0.39 is 5.97 Å². The molecule has 4 nitrogen and oxygen atoms in total. The summed E-state index contributed by atoms with van der Waals surface area (Å²) in [6.45, 7) is 5.72. The molecule has 0 bridgehead atoms. The molecule has 0 aliphatic heterocycles. The molecule has 0 saturated carbocycles. The molecule has 2 aromatic rings. The van der Waals surface area contributed by atoms with Gasteiger partial charge in [0.05, 0.1) is 12.5 Å². The van der Waals surface area contributed by atoms with Gasteiger partial charge < -0.3 is 10.1 Å². The predicted octanol–water partition coefficient (Wildman–Crippen LogP) is 4.03. The van der Waals surface area contributed by atoms with E-state index in [1.807, 2.05) is 57.2 Å². The Balaban J connectivity index is 1.80. The van der Waals surface area contributed by atoms with Gasteiger partial charge in [0.25, 0.3) is 5.91 Å². The Hall–Kier alpha value is -2.14. The predicted molar refractivity (Wildman–Crippen MR) is 101 cm³/mol. The Labute approximate surface area is 156 Å². The first-order chi connectivity index (χ1) is 11.8. The lowest BCUT2D eigenvalue weighted by Crippen LogP contribution is -2.31. The summed E-state index contributed by atoms with van der Waals surface area (Å²) in [4.78, 5) is 23.8. The van der Waals surface area contributed by atoms with Gasteiger partial charge in [-0.3, -0.25) is 9.59 Å². The van der Waals surface area contributed by atoms with Crippen LogP contribution in [0, 0.1) is 13.8 Å². The normalized spacial score (nSPS) is 11.7. The SMILES string of the molecule is Cc1ccc([C@H](C)NC(=O)COC(=O)Cc2ccc(Br)cc2)cc1C. The smallest absolute Gasteiger partial charge is 0.310 e. The number of nitrogens with one attached hydrogen (secondary N) is 1. The van der Waals surface area contributed by atoms with Gasteiger partial charge in [0.15, 0.2) is 6.61 Å². The number of ether oxygens (including phenoxy) is 1. The van der Waals surface area contributed by atoms with Crippen LogP contribution >= 0.6 is 15.9 Å². The van der Waals surface area contributed by atoms with Gasteiger partial charge >= 0.3 is 5.97 Å². The number of aryl methyl sites for hydroxylation is 2. The summed E-state index contributed by atoms with van der Waals surface area (Å²) in [6, 6.07) is 13.3. The van der Waals surface area contributed by atoms with Crippen molar-refractivity contribution >= 4 is 27.8 Å². The highest BCUT2D eigenvalue weighted by molar-refractivity contribution is 9.10. The molecule has 2 aromatic carbocycles. The Morgan fingerprint density at radius 2 is 1.76 bits per heavy atom. The zero-order chi connectivity index (χ0) is 18.4. The molecule has 0 saturated heterocycles. The Bertz CT molecular complexity index is 756. The summed E-state index contributed by atoms with van der Waals surface area (Å²) in [7, 11) is 0. The van der Waals surface area contributed by atoms with E-state index in [4.69, 9.17) is 4.74 Å². The topological polar surface area (TPSA) is 55.4 Å². The number of esters is 1. The third-order valence-corrected chi connectivity index (χ3v) is 4.56. The van der Waals surface area contributed by atoms with Crippen molar-refractivity contribution in [3.8, 4) is 0 Å². The molecule has 5 heteroatoms. The molecule has 0 heterocycles. The highest BCUT2D eigenvalue weighted by atomic mass is 79.9. The summed E-state index contributed by atoms with van der Waals surface area (Å²) in [5.41, 5.74) is 4.26. The van der Waals surface area contributed by atoms with Crippen molar-refractivity contribution in [3.05, 3.63) is 69.2 Å². The number of amides is 1. The molecule has 25 heavy (non-hydrogen) atoms. The van der Waals surface area contributed by atoms with Crippen LogP contribution in [0.25, 0.3) is 0 Å². The van der Waals surface area contributed by atoms with E-state index in [1.165, 1.54) is 11.1 Å². The van der Waals surface area contributed by atoms with Crippen molar-refractivity contribution in [2.45, 2.75) is 33.2 Å². The summed E-state index contributed by atoms with van der Waals surface area (Å²) >= 11 is 3.34. The van der Waals surface area contributed by atoms with Crippen molar-refractivity contribution in [2.75, 3.05) is 6.61 Å². The molecular weight excluding hydrogens is 382 g/mol.